The molecule has 3 rings (SSSR count). The van der Waals surface area contributed by atoms with Crippen LogP contribution in [0.2, 0.25) is 0 Å². The zero-order chi connectivity index (χ0) is 18.7. The maximum atomic E-state index is 11.2. The Morgan fingerprint density at radius 1 is 1.23 bits per heavy atom. The van der Waals surface area contributed by atoms with E-state index in [1.165, 1.54) is 0 Å². The van der Waals surface area contributed by atoms with Crippen molar-refractivity contribution in [3.05, 3.63) is 36.8 Å². The van der Waals surface area contributed by atoms with Crippen LogP contribution in [0.25, 0.3) is 22.2 Å². The lowest BCUT2D eigenvalue weighted by Gasteiger charge is -2.09. The number of nitrogens with one attached hydrogen (secondary N) is 2. The molecule has 0 radical (unpaired) electrons. The van der Waals surface area contributed by atoms with Gasteiger partial charge in [0.15, 0.2) is 5.11 Å². The molecule has 3 aromatic rings. The molecule has 0 spiro atoms. The van der Waals surface area contributed by atoms with Crippen LogP contribution in [0.3, 0.4) is 0 Å². The molecule has 9 nitrogen and oxygen atoms in total. The second-order valence-corrected chi connectivity index (χ2v) is 5.86. The Labute approximate surface area is 153 Å². The number of amides is 1. The Morgan fingerprint density at radius 3 is 2.73 bits per heavy atom. The molecule has 0 saturated carbocycles. The summed E-state index contributed by atoms with van der Waals surface area (Å²) in [6, 6.07) is 5.41. The Kier molecular flexibility index (Phi) is 4.85. The number of aromatic nitrogens is 4. The van der Waals surface area contributed by atoms with Gasteiger partial charge in [-0.1, -0.05) is 0 Å². The van der Waals surface area contributed by atoms with E-state index < -0.39 is 11.7 Å². The highest BCUT2D eigenvalue weighted by molar-refractivity contribution is 7.80. The zero-order valence-electron chi connectivity index (χ0n) is 13.8. The topological polar surface area (TPSA) is 128 Å². The second kappa shape index (κ2) is 7.23. The largest absolute Gasteiger partial charge is 0.363 e. The maximum absolute atomic E-state index is 11.2. The summed E-state index contributed by atoms with van der Waals surface area (Å²) in [5.74, 6) is -1.30. The third-order valence-electron chi connectivity index (χ3n) is 3.50. The lowest BCUT2D eigenvalue weighted by molar-refractivity contribution is -0.135. The standard InChI is InChI=1S/C16H15N7O2S/c1-23-8-10(6-20-23)9-4-12-11(18-5-9)2-3-14(21-12)22-16(26)19-7-13(24)15(17)25/h2-6,8H,7H2,1H3,(H2,17,25)(H2,19,21,22,26). The van der Waals surface area contributed by atoms with E-state index >= 15 is 0 Å². The molecule has 0 atom stereocenters. The van der Waals surface area contributed by atoms with Crippen LogP contribution in [0.4, 0.5) is 5.82 Å². The summed E-state index contributed by atoms with van der Waals surface area (Å²) in [6.07, 6.45) is 5.40. The normalized spacial score (nSPS) is 10.5. The average Bonchev–Trinajstić information content (AvgIpc) is 3.05. The lowest BCUT2D eigenvalue weighted by atomic mass is 10.1. The van der Waals surface area contributed by atoms with E-state index in [1.807, 2.05) is 19.3 Å². The molecule has 10 heteroatoms. The number of carbonyl (C=O) groups is 2. The van der Waals surface area contributed by atoms with Gasteiger partial charge < -0.3 is 16.4 Å². The highest BCUT2D eigenvalue weighted by Crippen LogP contribution is 2.22. The summed E-state index contributed by atoms with van der Waals surface area (Å²) in [5, 5.41) is 9.76. The lowest BCUT2D eigenvalue weighted by Crippen LogP contribution is -2.38. The number of fused-ring (bicyclic) bond motifs is 1. The molecular formula is C16H15N7O2S. The van der Waals surface area contributed by atoms with Gasteiger partial charge in [0.2, 0.25) is 5.78 Å². The molecule has 0 bridgehead atoms. The molecule has 0 saturated heterocycles. The number of carbonyl (C=O) groups excluding carboxylic acids is 2. The molecule has 0 aliphatic rings. The summed E-state index contributed by atoms with van der Waals surface area (Å²) in [5.41, 5.74) is 8.11. The SMILES string of the molecule is Cn1cc(-c2cnc3ccc(NC(=S)NCC(=O)C(N)=O)nc3c2)cn1. The maximum Gasteiger partial charge on any atom is 0.286 e. The minimum atomic E-state index is -1.02. The first-order valence-electron chi connectivity index (χ1n) is 7.55. The molecule has 0 unspecified atom stereocenters. The van der Waals surface area contributed by atoms with Gasteiger partial charge in [0.1, 0.15) is 5.82 Å². The molecule has 4 N–H and O–H groups in total. The fourth-order valence-corrected chi connectivity index (χ4v) is 2.39. The van der Waals surface area contributed by atoms with Crippen molar-refractivity contribution < 1.29 is 9.59 Å². The number of hydrogen-bond donors (Lipinski definition) is 3. The van der Waals surface area contributed by atoms with E-state index in [1.54, 1.807) is 29.2 Å². The molecule has 3 heterocycles. The van der Waals surface area contributed by atoms with E-state index in [-0.39, 0.29) is 11.7 Å². The molecule has 1 amide bonds. The Bertz CT molecular complexity index is 1010. The van der Waals surface area contributed by atoms with Crippen LogP contribution in [-0.4, -0.2) is 43.1 Å². The Balaban J connectivity index is 1.76. The van der Waals surface area contributed by atoms with Crippen molar-refractivity contribution in [2.75, 3.05) is 11.9 Å². The summed E-state index contributed by atoms with van der Waals surface area (Å²) < 4.78 is 1.71. The van der Waals surface area contributed by atoms with Crippen LogP contribution >= 0.6 is 12.2 Å². The third kappa shape index (κ3) is 3.98. The zero-order valence-corrected chi connectivity index (χ0v) is 14.6. The highest BCUT2D eigenvalue weighted by atomic mass is 32.1. The summed E-state index contributed by atoms with van der Waals surface area (Å²) >= 11 is 5.08. The first-order valence-corrected chi connectivity index (χ1v) is 7.96. The van der Waals surface area contributed by atoms with E-state index in [4.69, 9.17) is 18.0 Å². The minimum absolute atomic E-state index is 0.155. The molecule has 132 valence electrons. The number of anilines is 1. The number of aryl methyl sites for hydroxylation is 1. The number of rotatable bonds is 5. The average molecular weight is 369 g/mol. The number of hydrogen-bond acceptors (Lipinski definition) is 6. The highest BCUT2D eigenvalue weighted by Gasteiger charge is 2.10. The van der Waals surface area contributed by atoms with Crippen LogP contribution in [0.5, 0.6) is 0 Å². The van der Waals surface area contributed by atoms with Crippen LogP contribution in [0.1, 0.15) is 0 Å². The van der Waals surface area contributed by atoms with Gasteiger partial charge in [-0.25, -0.2) is 4.98 Å². The fourth-order valence-electron chi connectivity index (χ4n) is 2.21. The van der Waals surface area contributed by atoms with Crippen LogP contribution in [-0.2, 0) is 16.6 Å². The predicted octanol–water partition coefficient (Wildman–Crippen LogP) is 0.371. The van der Waals surface area contributed by atoms with E-state index in [0.29, 0.717) is 11.3 Å². The first kappa shape index (κ1) is 17.4. The monoisotopic (exact) mass is 369 g/mol. The van der Waals surface area contributed by atoms with Gasteiger partial charge in [0, 0.05) is 30.6 Å². The van der Waals surface area contributed by atoms with Crippen molar-refractivity contribution in [2.45, 2.75) is 0 Å². The van der Waals surface area contributed by atoms with Gasteiger partial charge in [-0.15, -0.1) is 0 Å². The number of nitrogens with two attached hydrogens (primary N) is 1. The van der Waals surface area contributed by atoms with E-state index in [2.05, 4.69) is 25.7 Å². The van der Waals surface area contributed by atoms with Crippen molar-refractivity contribution in [1.82, 2.24) is 25.1 Å². The van der Waals surface area contributed by atoms with Gasteiger partial charge in [-0.3, -0.25) is 19.3 Å². The van der Waals surface area contributed by atoms with E-state index in [0.717, 1.165) is 16.6 Å². The number of primary amides is 1. The summed E-state index contributed by atoms with van der Waals surface area (Å²) in [4.78, 5) is 30.8. The van der Waals surface area contributed by atoms with Gasteiger partial charge in [0.25, 0.3) is 5.91 Å². The van der Waals surface area contributed by atoms with Crippen LogP contribution in [0.15, 0.2) is 36.8 Å². The molecule has 26 heavy (non-hydrogen) atoms. The van der Waals surface area contributed by atoms with Crippen LogP contribution < -0.4 is 16.4 Å². The molecule has 0 aliphatic heterocycles. The number of pyridine rings is 2. The number of ketones is 1. The van der Waals surface area contributed by atoms with Crippen molar-refractivity contribution in [3.8, 4) is 11.1 Å². The van der Waals surface area contributed by atoms with Gasteiger partial charge in [-0.2, -0.15) is 5.10 Å². The smallest absolute Gasteiger partial charge is 0.286 e. The number of Topliss-reactive ketones (excluding diaryl/α,β-unsaturated/α-hetero) is 1. The Hall–Kier alpha value is -3.40. The van der Waals surface area contributed by atoms with Crippen LogP contribution in [0, 0.1) is 0 Å². The second-order valence-electron chi connectivity index (χ2n) is 5.46. The molecule has 0 aromatic carbocycles. The van der Waals surface area contributed by atoms with Crippen molar-refractivity contribution in [3.63, 3.8) is 0 Å². The number of nitrogens with zero attached hydrogens (tertiary/aromatic N) is 4. The number of thiocarbonyl (C=S) groups is 1. The van der Waals surface area contributed by atoms with E-state index in [9.17, 15) is 9.59 Å². The quantitative estimate of drug-likeness (QED) is 0.435. The molecule has 0 fully saturated rings. The third-order valence-corrected chi connectivity index (χ3v) is 3.75. The summed E-state index contributed by atoms with van der Waals surface area (Å²) in [7, 11) is 1.84. The van der Waals surface area contributed by atoms with Gasteiger partial charge in [0.05, 0.1) is 23.8 Å². The minimum Gasteiger partial charge on any atom is -0.363 e. The van der Waals surface area contributed by atoms with Crippen molar-refractivity contribution >= 4 is 45.9 Å². The fraction of sp³-hybridized carbons (Fsp3) is 0.125. The summed E-state index contributed by atoms with van der Waals surface area (Å²) in [6.45, 7) is -0.276. The predicted molar refractivity (Wildman–Crippen MR) is 100 cm³/mol. The van der Waals surface area contributed by atoms with Gasteiger partial charge in [-0.05, 0) is 30.4 Å². The molecular weight excluding hydrogens is 354 g/mol. The Morgan fingerprint density at radius 2 is 2.04 bits per heavy atom. The molecule has 0 aliphatic carbocycles. The van der Waals surface area contributed by atoms with Gasteiger partial charge >= 0.3 is 0 Å². The first-order chi connectivity index (χ1) is 12.4. The van der Waals surface area contributed by atoms with Crippen molar-refractivity contribution in [2.24, 2.45) is 12.8 Å². The van der Waals surface area contributed by atoms with Crippen molar-refractivity contribution in [1.29, 1.82) is 0 Å². The molecule has 3 aromatic heterocycles.